The SMILES string of the molecule is CC(=O)Cc1c(F)ccc(Cl)c1O. The van der Waals surface area contributed by atoms with Crippen molar-refractivity contribution < 1.29 is 14.3 Å². The van der Waals surface area contributed by atoms with Gasteiger partial charge in [-0.2, -0.15) is 0 Å². The van der Waals surface area contributed by atoms with Crippen LogP contribution in [-0.2, 0) is 11.2 Å². The third kappa shape index (κ3) is 2.18. The molecule has 0 saturated carbocycles. The molecule has 1 N–H and O–H groups in total. The van der Waals surface area contributed by atoms with Gasteiger partial charge in [-0.3, -0.25) is 4.79 Å². The highest BCUT2D eigenvalue weighted by Gasteiger charge is 2.12. The van der Waals surface area contributed by atoms with Crippen molar-refractivity contribution in [2.75, 3.05) is 0 Å². The normalized spacial score (nSPS) is 10.1. The molecular weight excluding hydrogens is 195 g/mol. The van der Waals surface area contributed by atoms with E-state index in [2.05, 4.69) is 0 Å². The maximum atomic E-state index is 13.0. The van der Waals surface area contributed by atoms with Crippen molar-refractivity contribution in [3.05, 3.63) is 28.5 Å². The van der Waals surface area contributed by atoms with Crippen LogP contribution >= 0.6 is 11.6 Å². The van der Waals surface area contributed by atoms with E-state index < -0.39 is 5.82 Å². The number of phenols is 1. The Morgan fingerprint density at radius 3 is 2.77 bits per heavy atom. The molecule has 0 aliphatic carbocycles. The molecule has 70 valence electrons. The summed E-state index contributed by atoms with van der Waals surface area (Å²) in [4.78, 5) is 10.7. The molecule has 0 bridgehead atoms. The van der Waals surface area contributed by atoms with E-state index in [9.17, 15) is 14.3 Å². The lowest BCUT2D eigenvalue weighted by Crippen LogP contribution is -2.00. The zero-order chi connectivity index (χ0) is 10.0. The molecule has 1 aromatic rings. The molecule has 0 radical (unpaired) electrons. The lowest BCUT2D eigenvalue weighted by molar-refractivity contribution is -0.116. The molecule has 0 fully saturated rings. The van der Waals surface area contributed by atoms with E-state index in [1.807, 2.05) is 0 Å². The van der Waals surface area contributed by atoms with Gasteiger partial charge in [0.1, 0.15) is 17.3 Å². The van der Waals surface area contributed by atoms with Crippen LogP contribution in [0.4, 0.5) is 4.39 Å². The first-order chi connectivity index (χ1) is 6.02. The van der Waals surface area contributed by atoms with Gasteiger partial charge in [0, 0.05) is 12.0 Å². The molecule has 0 saturated heterocycles. The fourth-order valence-electron chi connectivity index (χ4n) is 1.00. The number of benzene rings is 1. The molecule has 0 unspecified atom stereocenters. The van der Waals surface area contributed by atoms with Gasteiger partial charge in [0.25, 0.3) is 0 Å². The van der Waals surface area contributed by atoms with E-state index in [0.717, 1.165) is 6.07 Å². The van der Waals surface area contributed by atoms with E-state index in [1.165, 1.54) is 13.0 Å². The third-order valence-electron chi connectivity index (χ3n) is 1.60. The molecule has 1 aromatic carbocycles. The third-order valence-corrected chi connectivity index (χ3v) is 1.91. The number of Topliss-reactive ketones (excluding diaryl/α,β-unsaturated/α-hetero) is 1. The summed E-state index contributed by atoms with van der Waals surface area (Å²) in [6, 6.07) is 2.37. The maximum Gasteiger partial charge on any atom is 0.140 e. The predicted octanol–water partition coefficient (Wildman–Crippen LogP) is 2.32. The molecular formula is C9H8ClFO2. The number of aromatic hydroxyl groups is 1. The summed E-state index contributed by atoms with van der Waals surface area (Å²) in [5, 5.41) is 9.36. The number of phenolic OH excluding ortho intramolecular Hbond substituents is 1. The second kappa shape index (κ2) is 3.75. The molecule has 4 heteroatoms. The van der Waals surface area contributed by atoms with Crippen LogP contribution in [0, 0.1) is 5.82 Å². The smallest absolute Gasteiger partial charge is 0.140 e. The highest BCUT2D eigenvalue weighted by molar-refractivity contribution is 6.32. The van der Waals surface area contributed by atoms with Gasteiger partial charge < -0.3 is 5.11 Å². The van der Waals surface area contributed by atoms with Crippen LogP contribution in [0.3, 0.4) is 0 Å². The van der Waals surface area contributed by atoms with E-state index in [-0.39, 0.29) is 28.5 Å². The van der Waals surface area contributed by atoms with Crippen molar-refractivity contribution in [1.82, 2.24) is 0 Å². The Bertz CT molecular complexity index is 350. The Hall–Kier alpha value is -1.09. The number of hydrogen-bond donors (Lipinski definition) is 1. The average Bonchev–Trinajstić information content (AvgIpc) is 2.05. The van der Waals surface area contributed by atoms with E-state index in [0.29, 0.717) is 0 Å². The quantitative estimate of drug-likeness (QED) is 0.799. The van der Waals surface area contributed by atoms with E-state index in [4.69, 9.17) is 11.6 Å². The second-order valence-corrected chi connectivity index (χ2v) is 3.14. The fourth-order valence-corrected chi connectivity index (χ4v) is 1.18. The Kier molecular flexibility index (Phi) is 2.88. The lowest BCUT2D eigenvalue weighted by Gasteiger charge is -2.04. The van der Waals surface area contributed by atoms with Gasteiger partial charge >= 0.3 is 0 Å². The fraction of sp³-hybridized carbons (Fsp3) is 0.222. The van der Waals surface area contributed by atoms with Crippen LogP contribution in [-0.4, -0.2) is 10.9 Å². The number of ketones is 1. The first kappa shape index (κ1) is 9.99. The molecule has 0 spiro atoms. The first-order valence-corrected chi connectivity index (χ1v) is 4.05. The standard InChI is InChI=1S/C9H8ClFO2/c1-5(12)4-6-8(11)3-2-7(10)9(6)13/h2-3,13H,4H2,1H3. The molecule has 1 rings (SSSR count). The molecule has 2 nitrogen and oxygen atoms in total. The zero-order valence-electron chi connectivity index (χ0n) is 6.97. The van der Waals surface area contributed by atoms with Gasteiger partial charge in [-0.15, -0.1) is 0 Å². The van der Waals surface area contributed by atoms with Gasteiger partial charge in [-0.25, -0.2) is 4.39 Å². The molecule has 0 aromatic heterocycles. The summed E-state index contributed by atoms with van der Waals surface area (Å²) in [5.74, 6) is -1.19. The van der Waals surface area contributed by atoms with Crippen LogP contribution in [0.15, 0.2) is 12.1 Å². The minimum absolute atomic E-state index is 0.0417. The van der Waals surface area contributed by atoms with Crippen LogP contribution in [0.5, 0.6) is 5.75 Å². The van der Waals surface area contributed by atoms with Crippen molar-refractivity contribution in [2.45, 2.75) is 13.3 Å². The Labute approximate surface area is 80.0 Å². The lowest BCUT2D eigenvalue weighted by atomic mass is 10.1. The minimum atomic E-state index is -0.614. The molecule has 0 aliphatic heterocycles. The van der Waals surface area contributed by atoms with Crippen molar-refractivity contribution in [3.8, 4) is 5.75 Å². The molecule has 0 heterocycles. The molecule has 0 aliphatic rings. The number of hydrogen-bond acceptors (Lipinski definition) is 2. The van der Waals surface area contributed by atoms with Crippen molar-refractivity contribution in [1.29, 1.82) is 0 Å². The van der Waals surface area contributed by atoms with Gasteiger partial charge in [0.2, 0.25) is 0 Å². The van der Waals surface area contributed by atoms with E-state index >= 15 is 0 Å². The number of rotatable bonds is 2. The Morgan fingerprint density at radius 2 is 2.23 bits per heavy atom. The Morgan fingerprint density at radius 1 is 1.62 bits per heavy atom. The van der Waals surface area contributed by atoms with Crippen LogP contribution in [0.2, 0.25) is 5.02 Å². The summed E-state index contributed by atoms with van der Waals surface area (Å²) in [6.45, 7) is 1.32. The number of carbonyl (C=O) groups excluding carboxylic acids is 1. The van der Waals surface area contributed by atoms with Crippen molar-refractivity contribution in [2.24, 2.45) is 0 Å². The van der Waals surface area contributed by atoms with Gasteiger partial charge in [0.05, 0.1) is 5.02 Å². The first-order valence-electron chi connectivity index (χ1n) is 3.67. The number of halogens is 2. The van der Waals surface area contributed by atoms with Crippen LogP contribution in [0.1, 0.15) is 12.5 Å². The average molecular weight is 203 g/mol. The zero-order valence-corrected chi connectivity index (χ0v) is 7.73. The Balaban J connectivity index is 3.17. The summed E-state index contributed by atoms with van der Waals surface area (Å²) in [6.07, 6.45) is -0.141. The second-order valence-electron chi connectivity index (χ2n) is 2.74. The van der Waals surface area contributed by atoms with Gasteiger partial charge in [-0.1, -0.05) is 11.6 Å². The number of carbonyl (C=O) groups is 1. The summed E-state index contributed by atoms with van der Waals surface area (Å²) < 4.78 is 13.0. The van der Waals surface area contributed by atoms with Crippen molar-refractivity contribution in [3.63, 3.8) is 0 Å². The van der Waals surface area contributed by atoms with Gasteiger partial charge in [0.15, 0.2) is 0 Å². The topological polar surface area (TPSA) is 37.3 Å². The summed E-state index contributed by atoms with van der Waals surface area (Å²) in [7, 11) is 0. The van der Waals surface area contributed by atoms with E-state index in [1.54, 1.807) is 0 Å². The van der Waals surface area contributed by atoms with Gasteiger partial charge in [-0.05, 0) is 19.1 Å². The van der Waals surface area contributed by atoms with Crippen molar-refractivity contribution >= 4 is 17.4 Å². The monoisotopic (exact) mass is 202 g/mol. The predicted molar refractivity (Wildman–Crippen MR) is 47.5 cm³/mol. The molecule has 13 heavy (non-hydrogen) atoms. The molecule has 0 amide bonds. The minimum Gasteiger partial charge on any atom is -0.506 e. The molecule has 0 atom stereocenters. The summed E-state index contributed by atoms with van der Waals surface area (Å²) in [5.41, 5.74) is -0.0417. The van der Waals surface area contributed by atoms with Crippen LogP contribution in [0.25, 0.3) is 0 Å². The highest BCUT2D eigenvalue weighted by atomic mass is 35.5. The van der Waals surface area contributed by atoms with Crippen LogP contribution < -0.4 is 0 Å². The highest BCUT2D eigenvalue weighted by Crippen LogP contribution is 2.29. The largest absolute Gasteiger partial charge is 0.506 e. The maximum absolute atomic E-state index is 13.0. The summed E-state index contributed by atoms with van der Waals surface area (Å²) >= 11 is 5.54.